The quantitative estimate of drug-likeness (QED) is 0.779. The van der Waals surface area contributed by atoms with Gasteiger partial charge in [-0.2, -0.15) is 0 Å². The summed E-state index contributed by atoms with van der Waals surface area (Å²) in [5.41, 5.74) is 0.451. The van der Waals surface area contributed by atoms with Crippen molar-refractivity contribution in [1.29, 1.82) is 0 Å². The number of nitrogens with zero attached hydrogens (tertiary/aromatic N) is 1. The molecular weight excluding hydrogens is 268 g/mol. The van der Waals surface area contributed by atoms with Gasteiger partial charge in [0.2, 0.25) is 0 Å². The van der Waals surface area contributed by atoms with Crippen LogP contribution < -0.4 is 0 Å². The van der Waals surface area contributed by atoms with Crippen LogP contribution in [0.5, 0.6) is 0 Å². The summed E-state index contributed by atoms with van der Waals surface area (Å²) in [5.74, 6) is -1.04. The van der Waals surface area contributed by atoms with E-state index in [2.05, 4.69) is 4.74 Å². The van der Waals surface area contributed by atoms with Gasteiger partial charge in [-0.3, -0.25) is 4.79 Å². The minimum absolute atomic E-state index is 0.113. The second-order valence-corrected chi connectivity index (χ2v) is 4.65. The fourth-order valence-electron chi connectivity index (χ4n) is 2.00. The summed E-state index contributed by atoms with van der Waals surface area (Å²) in [5, 5.41) is 0. The summed E-state index contributed by atoms with van der Waals surface area (Å²) in [6.45, 7) is -0.577. The Bertz CT molecular complexity index is 515. The molecule has 1 aromatic rings. The molecule has 1 aliphatic rings. The smallest absolute Gasteiger partial charge is 0.337 e. The molecule has 0 aliphatic heterocycles. The number of benzene rings is 1. The first kappa shape index (κ1) is 14.4. The van der Waals surface area contributed by atoms with Gasteiger partial charge in [-0.05, 0) is 31.0 Å². The molecule has 1 aromatic carbocycles. The van der Waals surface area contributed by atoms with Crippen LogP contribution in [0, 0.1) is 0 Å². The number of alkyl halides is 2. The molecule has 0 heterocycles. The number of hydrogen-bond acceptors (Lipinski definition) is 3. The number of amides is 1. The molecule has 6 heteroatoms. The lowest BCUT2D eigenvalue weighted by Gasteiger charge is -2.22. The van der Waals surface area contributed by atoms with Crippen LogP contribution in [0.1, 0.15) is 33.6 Å². The Morgan fingerprint density at radius 3 is 2.55 bits per heavy atom. The van der Waals surface area contributed by atoms with E-state index in [0.717, 1.165) is 12.8 Å². The van der Waals surface area contributed by atoms with Crippen LogP contribution in [0.3, 0.4) is 0 Å². The first-order valence-corrected chi connectivity index (χ1v) is 6.30. The zero-order chi connectivity index (χ0) is 14.7. The highest BCUT2D eigenvalue weighted by Crippen LogP contribution is 2.29. The summed E-state index contributed by atoms with van der Waals surface area (Å²) in [4.78, 5) is 24.9. The zero-order valence-electron chi connectivity index (χ0n) is 11.0. The van der Waals surface area contributed by atoms with Crippen molar-refractivity contribution < 1.29 is 23.1 Å². The normalized spacial score (nSPS) is 14.2. The van der Waals surface area contributed by atoms with Crippen molar-refractivity contribution in [1.82, 2.24) is 4.90 Å². The minimum Gasteiger partial charge on any atom is -0.465 e. The van der Waals surface area contributed by atoms with Crippen LogP contribution in [0.15, 0.2) is 24.3 Å². The average Bonchev–Trinajstić information content (AvgIpc) is 3.27. The maximum atomic E-state index is 12.5. The van der Waals surface area contributed by atoms with Crippen LogP contribution >= 0.6 is 0 Å². The Kier molecular flexibility index (Phi) is 4.32. The van der Waals surface area contributed by atoms with Crippen LogP contribution in [0.2, 0.25) is 0 Å². The number of halogens is 2. The van der Waals surface area contributed by atoms with Gasteiger partial charge in [0.15, 0.2) is 0 Å². The topological polar surface area (TPSA) is 46.6 Å². The maximum Gasteiger partial charge on any atom is 0.337 e. The highest BCUT2D eigenvalue weighted by molar-refractivity contribution is 5.98. The third-order valence-electron chi connectivity index (χ3n) is 3.11. The Morgan fingerprint density at radius 2 is 2.00 bits per heavy atom. The Balaban J connectivity index is 2.20. The lowest BCUT2D eigenvalue weighted by atomic mass is 10.1. The Hall–Kier alpha value is -1.98. The minimum atomic E-state index is -2.57. The number of ether oxygens (including phenoxy) is 1. The number of methoxy groups -OCH3 is 1. The summed E-state index contributed by atoms with van der Waals surface area (Å²) in [7, 11) is 1.24. The highest BCUT2D eigenvalue weighted by Gasteiger charge is 2.34. The molecule has 108 valence electrons. The standard InChI is InChI=1S/C14H15F2NO3/c1-20-14(19)10-4-2-3-9(7-10)13(18)17(8-12(15)16)11-5-6-11/h2-4,7,11-12H,5-6,8H2,1H3. The Morgan fingerprint density at radius 1 is 1.35 bits per heavy atom. The van der Waals surface area contributed by atoms with E-state index in [1.54, 1.807) is 0 Å². The number of esters is 1. The van der Waals surface area contributed by atoms with Crippen molar-refractivity contribution in [2.24, 2.45) is 0 Å². The fourth-order valence-corrected chi connectivity index (χ4v) is 2.00. The van der Waals surface area contributed by atoms with Crippen molar-refractivity contribution in [2.75, 3.05) is 13.7 Å². The SMILES string of the molecule is COC(=O)c1cccc(C(=O)N(CC(F)F)C2CC2)c1. The third-order valence-corrected chi connectivity index (χ3v) is 3.11. The van der Waals surface area contributed by atoms with Gasteiger partial charge < -0.3 is 9.64 Å². The van der Waals surface area contributed by atoms with E-state index in [0.29, 0.717) is 0 Å². The van der Waals surface area contributed by atoms with Gasteiger partial charge >= 0.3 is 5.97 Å². The van der Waals surface area contributed by atoms with Gasteiger partial charge in [0.25, 0.3) is 12.3 Å². The molecule has 0 N–H and O–H groups in total. The molecule has 1 amide bonds. The van der Waals surface area contributed by atoms with Crippen molar-refractivity contribution >= 4 is 11.9 Å². The second kappa shape index (κ2) is 5.98. The predicted molar refractivity (Wildman–Crippen MR) is 67.8 cm³/mol. The number of rotatable bonds is 5. The number of carbonyl (C=O) groups excluding carboxylic acids is 2. The van der Waals surface area contributed by atoms with E-state index in [4.69, 9.17) is 0 Å². The van der Waals surface area contributed by atoms with Crippen molar-refractivity contribution in [3.63, 3.8) is 0 Å². The molecule has 1 fully saturated rings. The second-order valence-electron chi connectivity index (χ2n) is 4.65. The van der Waals surface area contributed by atoms with Gasteiger partial charge in [0.05, 0.1) is 19.2 Å². The highest BCUT2D eigenvalue weighted by atomic mass is 19.3. The van der Waals surface area contributed by atoms with Gasteiger partial charge in [-0.1, -0.05) is 6.07 Å². The van der Waals surface area contributed by atoms with Gasteiger partial charge in [0.1, 0.15) is 0 Å². The molecule has 4 nitrogen and oxygen atoms in total. The van der Waals surface area contributed by atoms with Crippen LogP contribution in [0.25, 0.3) is 0 Å². The molecule has 0 bridgehead atoms. The lowest BCUT2D eigenvalue weighted by Crippen LogP contribution is -2.37. The van der Waals surface area contributed by atoms with Crippen LogP contribution in [0.4, 0.5) is 8.78 Å². The van der Waals surface area contributed by atoms with E-state index in [-0.39, 0.29) is 17.2 Å². The Labute approximate surface area is 115 Å². The molecule has 0 atom stereocenters. The number of carbonyl (C=O) groups is 2. The molecule has 0 radical (unpaired) electrons. The van der Waals surface area contributed by atoms with Gasteiger partial charge in [-0.25, -0.2) is 13.6 Å². The van der Waals surface area contributed by atoms with E-state index in [1.165, 1.54) is 36.3 Å². The van der Waals surface area contributed by atoms with Crippen molar-refractivity contribution in [2.45, 2.75) is 25.3 Å². The predicted octanol–water partition coefficient (Wildman–Crippen LogP) is 2.34. The summed E-state index contributed by atoms with van der Waals surface area (Å²) in [6, 6.07) is 5.81. The largest absolute Gasteiger partial charge is 0.465 e. The fraction of sp³-hybridized carbons (Fsp3) is 0.429. The van der Waals surface area contributed by atoms with Crippen molar-refractivity contribution in [3.05, 3.63) is 35.4 Å². The van der Waals surface area contributed by atoms with E-state index in [1.807, 2.05) is 0 Å². The molecule has 2 rings (SSSR count). The lowest BCUT2D eigenvalue weighted by molar-refractivity contribution is 0.0534. The molecule has 1 saturated carbocycles. The summed E-state index contributed by atoms with van der Waals surface area (Å²) < 4.78 is 29.7. The monoisotopic (exact) mass is 283 g/mol. The van der Waals surface area contributed by atoms with Gasteiger partial charge in [0, 0.05) is 11.6 Å². The van der Waals surface area contributed by atoms with E-state index >= 15 is 0 Å². The molecule has 0 aromatic heterocycles. The maximum absolute atomic E-state index is 12.5. The van der Waals surface area contributed by atoms with Crippen molar-refractivity contribution in [3.8, 4) is 0 Å². The molecule has 0 spiro atoms. The molecule has 1 aliphatic carbocycles. The first-order valence-electron chi connectivity index (χ1n) is 6.30. The first-order chi connectivity index (χ1) is 9.52. The van der Waals surface area contributed by atoms with Crippen LogP contribution in [-0.4, -0.2) is 42.9 Å². The molecule has 20 heavy (non-hydrogen) atoms. The van der Waals surface area contributed by atoms with E-state index < -0.39 is 24.8 Å². The summed E-state index contributed by atoms with van der Waals surface area (Å²) in [6.07, 6.45) is -1.08. The van der Waals surface area contributed by atoms with Gasteiger partial charge in [-0.15, -0.1) is 0 Å². The van der Waals surface area contributed by atoms with E-state index in [9.17, 15) is 18.4 Å². The molecular formula is C14H15F2NO3. The number of hydrogen-bond donors (Lipinski definition) is 0. The molecule has 0 unspecified atom stereocenters. The average molecular weight is 283 g/mol. The third kappa shape index (κ3) is 3.31. The van der Waals surface area contributed by atoms with Crippen LogP contribution in [-0.2, 0) is 4.74 Å². The summed E-state index contributed by atoms with van der Waals surface area (Å²) >= 11 is 0. The molecule has 0 saturated heterocycles. The zero-order valence-corrected chi connectivity index (χ0v) is 11.0.